The molecule has 0 aromatic heterocycles. The molecule has 0 saturated carbocycles. The Balaban J connectivity index is 2.18. The van der Waals surface area contributed by atoms with Gasteiger partial charge in [0.2, 0.25) is 10.0 Å². The minimum absolute atomic E-state index is 0.560. The third-order valence-electron chi connectivity index (χ3n) is 3.20. The number of rotatable bonds is 5. The van der Waals surface area contributed by atoms with Crippen molar-refractivity contribution in [3.05, 3.63) is 59.2 Å². The Morgan fingerprint density at radius 1 is 1.00 bits per heavy atom. The van der Waals surface area contributed by atoms with Gasteiger partial charge in [-0.15, -0.1) is 0 Å². The van der Waals surface area contributed by atoms with E-state index < -0.39 is 10.0 Å². The molecule has 0 radical (unpaired) electrons. The molecule has 0 fully saturated rings. The Morgan fingerprint density at radius 3 is 2.33 bits per heavy atom. The van der Waals surface area contributed by atoms with Gasteiger partial charge in [0.15, 0.2) is 0 Å². The Bertz CT molecular complexity index is 740. The number of benzene rings is 2. The maximum Gasteiger partial charge on any atom is 0.229 e. The fraction of sp³-hybridized carbons (Fsp3) is 0.250. The summed E-state index contributed by atoms with van der Waals surface area (Å²) in [4.78, 5) is 0. The number of para-hydroxylation sites is 2. The first kappa shape index (κ1) is 15.4. The molecule has 2 aromatic rings. The summed E-state index contributed by atoms with van der Waals surface area (Å²) in [5.74, 6) is 0. The molecule has 0 aliphatic heterocycles. The van der Waals surface area contributed by atoms with Crippen molar-refractivity contribution < 1.29 is 8.42 Å². The van der Waals surface area contributed by atoms with Crippen molar-refractivity contribution >= 4 is 21.4 Å². The largest absolute Gasteiger partial charge is 0.379 e. The maximum atomic E-state index is 11.4. The van der Waals surface area contributed by atoms with E-state index in [0.29, 0.717) is 12.2 Å². The lowest BCUT2D eigenvalue weighted by molar-refractivity contribution is 0.607. The molecule has 0 unspecified atom stereocenters. The second-order valence-electron chi connectivity index (χ2n) is 5.20. The fourth-order valence-corrected chi connectivity index (χ4v) is 2.68. The van der Waals surface area contributed by atoms with Crippen LogP contribution in [0.4, 0.5) is 11.4 Å². The zero-order valence-corrected chi connectivity index (χ0v) is 13.3. The number of anilines is 2. The maximum absolute atomic E-state index is 11.4. The molecule has 0 atom stereocenters. The quantitative estimate of drug-likeness (QED) is 0.891. The first-order valence-corrected chi connectivity index (χ1v) is 8.61. The molecule has 0 amide bonds. The van der Waals surface area contributed by atoms with Crippen molar-refractivity contribution in [2.75, 3.05) is 16.3 Å². The Hall–Kier alpha value is -2.01. The van der Waals surface area contributed by atoms with E-state index in [9.17, 15) is 8.42 Å². The highest BCUT2D eigenvalue weighted by Gasteiger charge is 2.07. The average molecular weight is 304 g/mol. The van der Waals surface area contributed by atoms with Gasteiger partial charge in [-0.3, -0.25) is 4.72 Å². The van der Waals surface area contributed by atoms with Gasteiger partial charge in [0.25, 0.3) is 0 Å². The third kappa shape index (κ3) is 4.49. The fourth-order valence-electron chi connectivity index (χ4n) is 2.11. The smallest absolute Gasteiger partial charge is 0.229 e. The van der Waals surface area contributed by atoms with Crippen LogP contribution in [0.15, 0.2) is 42.5 Å². The number of sulfonamides is 1. The second-order valence-corrected chi connectivity index (χ2v) is 6.95. The van der Waals surface area contributed by atoms with E-state index in [-0.39, 0.29) is 0 Å². The van der Waals surface area contributed by atoms with Crippen LogP contribution >= 0.6 is 0 Å². The minimum Gasteiger partial charge on any atom is -0.379 e. The van der Waals surface area contributed by atoms with Gasteiger partial charge in [0.05, 0.1) is 17.6 Å². The van der Waals surface area contributed by atoms with Crippen molar-refractivity contribution in [3.63, 3.8) is 0 Å². The van der Waals surface area contributed by atoms with Crippen LogP contribution in [-0.2, 0) is 16.6 Å². The molecule has 0 heterocycles. The lowest BCUT2D eigenvalue weighted by Crippen LogP contribution is -2.12. The van der Waals surface area contributed by atoms with Gasteiger partial charge in [-0.2, -0.15) is 0 Å². The number of hydrogen-bond acceptors (Lipinski definition) is 3. The number of aryl methyl sites for hydroxylation is 2. The van der Waals surface area contributed by atoms with Crippen LogP contribution in [-0.4, -0.2) is 14.7 Å². The van der Waals surface area contributed by atoms with Crippen LogP contribution in [0, 0.1) is 13.8 Å². The summed E-state index contributed by atoms with van der Waals surface area (Å²) >= 11 is 0. The first-order valence-electron chi connectivity index (χ1n) is 6.72. The summed E-state index contributed by atoms with van der Waals surface area (Å²) in [7, 11) is -3.29. The lowest BCUT2D eigenvalue weighted by Gasteiger charge is -2.14. The Kier molecular flexibility index (Phi) is 4.53. The van der Waals surface area contributed by atoms with Crippen LogP contribution < -0.4 is 10.0 Å². The molecule has 112 valence electrons. The predicted octanol–water partition coefficient (Wildman–Crippen LogP) is 3.29. The van der Waals surface area contributed by atoms with Crippen molar-refractivity contribution in [3.8, 4) is 0 Å². The molecular formula is C16H20N2O2S. The van der Waals surface area contributed by atoms with Gasteiger partial charge in [0, 0.05) is 6.54 Å². The van der Waals surface area contributed by atoms with Gasteiger partial charge < -0.3 is 5.32 Å². The molecule has 2 rings (SSSR count). The normalized spacial score (nSPS) is 11.2. The van der Waals surface area contributed by atoms with E-state index in [0.717, 1.165) is 11.9 Å². The van der Waals surface area contributed by atoms with Gasteiger partial charge in [-0.1, -0.05) is 35.9 Å². The van der Waals surface area contributed by atoms with E-state index >= 15 is 0 Å². The zero-order valence-electron chi connectivity index (χ0n) is 12.5. The standard InChI is InChI=1S/C16H20N2O2S/c1-12-8-9-13(2)14(10-12)11-17-15-6-4-5-7-16(15)18-21(3,19)20/h4-10,17-18H,11H2,1-3H3. The Labute approximate surface area is 126 Å². The molecule has 2 aromatic carbocycles. The highest BCUT2D eigenvalue weighted by molar-refractivity contribution is 7.92. The van der Waals surface area contributed by atoms with Crippen LogP contribution in [0.25, 0.3) is 0 Å². The van der Waals surface area contributed by atoms with Crippen LogP contribution in [0.1, 0.15) is 16.7 Å². The summed E-state index contributed by atoms with van der Waals surface area (Å²) in [6.45, 7) is 4.77. The zero-order chi connectivity index (χ0) is 15.5. The van der Waals surface area contributed by atoms with Crippen LogP contribution in [0.2, 0.25) is 0 Å². The number of hydrogen-bond donors (Lipinski definition) is 2. The minimum atomic E-state index is -3.29. The molecule has 5 heteroatoms. The first-order chi connectivity index (χ1) is 9.85. The van der Waals surface area contributed by atoms with E-state index in [2.05, 4.69) is 42.1 Å². The van der Waals surface area contributed by atoms with Crippen molar-refractivity contribution in [1.82, 2.24) is 0 Å². The lowest BCUT2D eigenvalue weighted by atomic mass is 10.1. The SMILES string of the molecule is Cc1ccc(C)c(CNc2ccccc2NS(C)(=O)=O)c1. The summed E-state index contributed by atoms with van der Waals surface area (Å²) in [5, 5.41) is 3.29. The predicted molar refractivity (Wildman–Crippen MR) is 88.2 cm³/mol. The molecular weight excluding hydrogens is 284 g/mol. The molecule has 0 aliphatic carbocycles. The molecule has 21 heavy (non-hydrogen) atoms. The summed E-state index contributed by atoms with van der Waals surface area (Å²) in [5.41, 5.74) is 4.94. The third-order valence-corrected chi connectivity index (χ3v) is 3.79. The monoisotopic (exact) mass is 304 g/mol. The molecule has 4 nitrogen and oxygen atoms in total. The van der Waals surface area contributed by atoms with Crippen LogP contribution in [0.3, 0.4) is 0 Å². The van der Waals surface area contributed by atoms with E-state index in [4.69, 9.17) is 0 Å². The highest BCUT2D eigenvalue weighted by atomic mass is 32.2. The van der Waals surface area contributed by atoms with E-state index in [1.807, 2.05) is 12.1 Å². The van der Waals surface area contributed by atoms with Gasteiger partial charge >= 0.3 is 0 Å². The van der Waals surface area contributed by atoms with Gasteiger partial charge in [-0.25, -0.2) is 8.42 Å². The van der Waals surface area contributed by atoms with Crippen LogP contribution in [0.5, 0.6) is 0 Å². The van der Waals surface area contributed by atoms with Gasteiger partial charge in [0.1, 0.15) is 0 Å². The summed E-state index contributed by atoms with van der Waals surface area (Å²) < 4.78 is 25.3. The highest BCUT2D eigenvalue weighted by Crippen LogP contribution is 2.23. The van der Waals surface area contributed by atoms with Crippen molar-refractivity contribution in [2.45, 2.75) is 20.4 Å². The van der Waals surface area contributed by atoms with Gasteiger partial charge in [-0.05, 0) is 37.1 Å². The molecule has 0 spiro atoms. The molecule has 2 N–H and O–H groups in total. The molecule has 0 saturated heterocycles. The topological polar surface area (TPSA) is 58.2 Å². The summed E-state index contributed by atoms with van der Waals surface area (Å²) in [6.07, 6.45) is 1.15. The number of nitrogens with one attached hydrogen (secondary N) is 2. The van der Waals surface area contributed by atoms with Crippen molar-refractivity contribution in [2.24, 2.45) is 0 Å². The van der Waals surface area contributed by atoms with E-state index in [1.165, 1.54) is 16.7 Å². The molecule has 0 aliphatic rings. The summed E-state index contributed by atoms with van der Waals surface area (Å²) in [6, 6.07) is 13.6. The second kappa shape index (κ2) is 6.18. The average Bonchev–Trinajstić information content (AvgIpc) is 2.39. The Morgan fingerprint density at radius 2 is 1.67 bits per heavy atom. The van der Waals surface area contributed by atoms with E-state index in [1.54, 1.807) is 12.1 Å². The molecule has 0 bridgehead atoms. The van der Waals surface area contributed by atoms with Crippen molar-refractivity contribution in [1.29, 1.82) is 0 Å².